The molecule has 0 N–H and O–H groups in total. The fraction of sp³-hybridized carbons (Fsp3) is 0.900. The second-order valence-electron chi connectivity index (χ2n) is 13.0. The van der Waals surface area contributed by atoms with E-state index in [2.05, 4.69) is 6.92 Å². The van der Waals surface area contributed by atoms with Gasteiger partial charge < -0.3 is 42.6 Å². The second-order valence-corrected chi connectivity index (χ2v) is 13.0. The number of imide groups is 1. The number of unbranched alkanes of at least 4 members (excludes halogenated alkanes) is 15. The maximum Gasteiger partial charge on any atom is 0.253 e. The molecule has 0 saturated heterocycles. The van der Waals surface area contributed by atoms with Crippen LogP contribution in [-0.2, 0) is 52.2 Å². The van der Waals surface area contributed by atoms with E-state index in [9.17, 15) is 9.59 Å². The van der Waals surface area contributed by atoms with Gasteiger partial charge in [-0.3, -0.25) is 14.5 Å². The molecule has 0 bridgehead atoms. The van der Waals surface area contributed by atoms with Gasteiger partial charge in [0.05, 0.1) is 119 Å². The number of carbonyl (C=O) groups is 2. The molecule has 52 heavy (non-hydrogen) atoms. The number of carbonyl (C=O) groups excluding carboxylic acids is 2. The fourth-order valence-electron chi connectivity index (χ4n) is 5.42. The van der Waals surface area contributed by atoms with Crippen molar-refractivity contribution >= 4 is 11.8 Å². The summed E-state index contributed by atoms with van der Waals surface area (Å²) >= 11 is 0. The van der Waals surface area contributed by atoms with Crippen LogP contribution in [0, 0.1) is 0 Å². The van der Waals surface area contributed by atoms with Gasteiger partial charge in [-0.2, -0.15) is 0 Å². The van der Waals surface area contributed by atoms with E-state index in [-0.39, 0.29) is 25.0 Å². The van der Waals surface area contributed by atoms with Crippen LogP contribution < -0.4 is 0 Å². The summed E-state index contributed by atoms with van der Waals surface area (Å²) in [6.45, 7) is 11.8. The highest BCUT2D eigenvalue weighted by Crippen LogP contribution is 2.13. The van der Waals surface area contributed by atoms with Crippen molar-refractivity contribution in [2.75, 3.05) is 125 Å². The first-order valence-corrected chi connectivity index (χ1v) is 20.5. The number of nitrogens with zero attached hydrogens (tertiary/aromatic N) is 1. The van der Waals surface area contributed by atoms with Gasteiger partial charge in [-0.25, -0.2) is 0 Å². The zero-order chi connectivity index (χ0) is 37.3. The molecule has 0 unspecified atom stereocenters. The molecule has 0 aliphatic carbocycles. The van der Waals surface area contributed by atoms with Gasteiger partial charge in [-0.05, 0) is 6.42 Å². The summed E-state index contributed by atoms with van der Waals surface area (Å²) in [5.74, 6) is -0.601. The summed E-state index contributed by atoms with van der Waals surface area (Å²) in [4.78, 5) is 24.0. The number of hydrogen-bond acceptors (Lipinski definition) is 11. The monoisotopic (exact) mass is 746 g/mol. The van der Waals surface area contributed by atoms with Crippen LogP contribution in [0.15, 0.2) is 12.2 Å². The molecule has 1 aliphatic rings. The molecule has 12 nitrogen and oxygen atoms in total. The Kier molecular flexibility index (Phi) is 38.0. The summed E-state index contributed by atoms with van der Waals surface area (Å²) in [5, 5.41) is 0. The summed E-state index contributed by atoms with van der Waals surface area (Å²) in [6, 6.07) is 0. The average Bonchev–Trinajstić information content (AvgIpc) is 3.47. The Morgan fingerprint density at radius 1 is 0.327 bits per heavy atom. The Bertz CT molecular complexity index is 783. The van der Waals surface area contributed by atoms with Gasteiger partial charge in [0.2, 0.25) is 0 Å². The second kappa shape index (κ2) is 40.7. The molecule has 0 fully saturated rings. The maximum atomic E-state index is 11.4. The van der Waals surface area contributed by atoms with Gasteiger partial charge in [0.15, 0.2) is 0 Å². The Morgan fingerprint density at radius 3 is 0.846 bits per heavy atom. The van der Waals surface area contributed by atoms with Crippen molar-refractivity contribution in [3.8, 4) is 0 Å². The van der Waals surface area contributed by atoms with Crippen LogP contribution in [0.1, 0.15) is 110 Å². The van der Waals surface area contributed by atoms with E-state index in [1.165, 1.54) is 108 Å². The zero-order valence-corrected chi connectivity index (χ0v) is 32.8. The first-order chi connectivity index (χ1) is 25.8. The van der Waals surface area contributed by atoms with Gasteiger partial charge in [0.1, 0.15) is 0 Å². The van der Waals surface area contributed by atoms with Crippen molar-refractivity contribution in [3.05, 3.63) is 12.2 Å². The fourth-order valence-corrected chi connectivity index (χ4v) is 5.42. The smallest absolute Gasteiger partial charge is 0.253 e. The summed E-state index contributed by atoms with van der Waals surface area (Å²) in [6.07, 6.45) is 24.7. The van der Waals surface area contributed by atoms with Crippen molar-refractivity contribution < 1.29 is 52.2 Å². The van der Waals surface area contributed by atoms with Crippen molar-refractivity contribution in [1.82, 2.24) is 4.90 Å². The van der Waals surface area contributed by atoms with Crippen LogP contribution in [0.4, 0.5) is 0 Å². The lowest BCUT2D eigenvalue weighted by Crippen LogP contribution is -2.33. The van der Waals surface area contributed by atoms with Gasteiger partial charge in [-0.15, -0.1) is 0 Å². The molecule has 1 aliphatic heterocycles. The highest BCUT2D eigenvalue weighted by molar-refractivity contribution is 6.12. The van der Waals surface area contributed by atoms with E-state index in [0.717, 1.165) is 17.9 Å². The number of ether oxygens (including phenoxy) is 9. The van der Waals surface area contributed by atoms with E-state index in [0.29, 0.717) is 106 Å². The molecule has 0 aromatic rings. The number of rotatable bonds is 44. The minimum atomic E-state index is -0.301. The Labute approximate surface area is 315 Å². The average molecular weight is 746 g/mol. The van der Waals surface area contributed by atoms with Crippen molar-refractivity contribution in [3.63, 3.8) is 0 Å². The third kappa shape index (κ3) is 34.3. The predicted molar refractivity (Wildman–Crippen MR) is 203 cm³/mol. The summed E-state index contributed by atoms with van der Waals surface area (Å²) in [5.41, 5.74) is 0. The Morgan fingerprint density at radius 2 is 0.558 bits per heavy atom. The highest BCUT2D eigenvalue weighted by Gasteiger charge is 2.22. The van der Waals surface area contributed by atoms with E-state index < -0.39 is 0 Å². The topological polar surface area (TPSA) is 120 Å². The quantitative estimate of drug-likeness (QED) is 0.0515. The van der Waals surface area contributed by atoms with Gasteiger partial charge in [0, 0.05) is 18.8 Å². The van der Waals surface area contributed by atoms with Gasteiger partial charge in [-0.1, -0.05) is 103 Å². The maximum absolute atomic E-state index is 11.4. The lowest BCUT2D eigenvalue weighted by Gasteiger charge is -2.13. The molecule has 0 aromatic carbocycles. The number of hydrogen-bond donors (Lipinski definition) is 0. The van der Waals surface area contributed by atoms with Crippen molar-refractivity contribution in [2.24, 2.45) is 0 Å². The van der Waals surface area contributed by atoms with Crippen LogP contribution in [0.25, 0.3) is 0 Å². The lowest BCUT2D eigenvalue weighted by atomic mass is 10.0. The van der Waals surface area contributed by atoms with Gasteiger partial charge in [0.25, 0.3) is 11.8 Å². The van der Waals surface area contributed by atoms with E-state index in [1.54, 1.807) is 0 Å². The first-order valence-electron chi connectivity index (χ1n) is 20.5. The van der Waals surface area contributed by atoms with Crippen molar-refractivity contribution in [2.45, 2.75) is 110 Å². The molecular weight excluding hydrogens is 670 g/mol. The molecule has 2 amide bonds. The Hall–Kier alpha value is -1.48. The third-order valence-electron chi connectivity index (χ3n) is 8.48. The molecular formula is C40H75NO11. The summed E-state index contributed by atoms with van der Waals surface area (Å²) < 4.78 is 49.5. The highest BCUT2D eigenvalue weighted by atomic mass is 16.6. The summed E-state index contributed by atoms with van der Waals surface area (Å²) in [7, 11) is 0. The number of amides is 2. The lowest BCUT2D eigenvalue weighted by molar-refractivity contribution is -0.137. The van der Waals surface area contributed by atoms with E-state index >= 15 is 0 Å². The standard InChI is InChI=1S/C40H75NO11/c1-2-3-4-5-6-7-8-9-10-11-12-13-14-15-16-17-21-44-23-25-46-27-29-48-31-33-50-35-37-52-38-36-51-34-32-49-30-28-47-26-24-45-22-20-41-39(42)18-19-40(41)43/h18-19H,2-17,20-38H2,1H3. The SMILES string of the molecule is CCCCCCCCCCCCCCCCCCOCCOCCOCCOCCOCCOCCOCCOCCOCCN1C(=O)C=CC1=O. The van der Waals surface area contributed by atoms with Crippen LogP contribution in [0.2, 0.25) is 0 Å². The molecule has 12 heteroatoms. The first kappa shape index (κ1) is 48.5. The largest absolute Gasteiger partial charge is 0.379 e. The molecule has 0 radical (unpaired) electrons. The normalized spacial score (nSPS) is 13.0. The molecule has 0 saturated carbocycles. The molecule has 0 aromatic heterocycles. The molecule has 0 atom stereocenters. The Balaban J connectivity index is 1.61. The zero-order valence-electron chi connectivity index (χ0n) is 32.8. The van der Waals surface area contributed by atoms with E-state index in [1.807, 2.05) is 0 Å². The third-order valence-corrected chi connectivity index (χ3v) is 8.48. The van der Waals surface area contributed by atoms with Crippen LogP contribution in [0.5, 0.6) is 0 Å². The van der Waals surface area contributed by atoms with Crippen LogP contribution in [0.3, 0.4) is 0 Å². The van der Waals surface area contributed by atoms with Gasteiger partial charge >= 0.3 is 0 Å². The predicted octanol–water partition coefficient (Wildman–Crippen LogP) is 6.32. The minimum Gasteiger partial charge on any atom is -0.379 e. The molecule has 1 rings (SSSR count). The van der Waals surface area contributed by atoms with Crippen LogP contribution in [-0.4, -0.2) is 142 Å². The van der Waals surface area contributed by atoms with E-state index in [4.69, 9.17) is 42.6 Å². The van der Waals surface area contributed by atoms with Crippen LogP contribution >= 0.6 is 0 Å². The molecule has 1 heterocycles. The minimum absolute atomic E-state index is 0.246. The molecule has 306 valence electrons. The van der Waals surface area contributed by atoms with Crippen molar-refractivity contribution in [1.29, 1.82) is 0 Å². The molecule has 0 spiro atoms.